The van der Waals surface area contributed by atoms with Gasteiger partial charge in [0.25, 0.3) is 0 Å². The average molecular weight is 437 g/mol. The summed E-state index contributed by atoms with van der Waals surface area (Å²) in [6.45, 7) is 3.51. The summed E-state index contributed by atoms with van der Waals surface area (Å²) in [7, 11) is 2.15. The highest BCUT2D eigenvalue weighted by atomic mass is 35.5. The summed E-state index contributed by atoms with van der Waals surface area (Å²) in [5, 5.41) is 8.44. The number of carbonyl (C=O) groups excluding carboxylic acids is 1. The van der Waals surface area contributed by atoms with E-state index >= 15 is 0 Å². The molecule has 4 rings (SSSR count). The molecule has 1 N–H and O–H groups in total. The second-order valence-corrected chi connectivity index (χ2v) is 8.71. The van der Waals surface area contributed by atoms with Crippen LogP contribution in [0.5, 0.6) is 0 Å². The van der Waals surface area contributed by atoms with Gasteiger partial charge in [0.2, 0.25) is 5.91 Å². The van der Waals surface area contributed by atoms with E-state index in [1.54, 1.807) is 0 Å². The molecule has 2 atom stereocenters. The SMILES string of the molecule is C[C@H](c1cc(-c2ccccc2)n[nH]1)N(C)[C@@H]1CCC(=O)N(Cc2ccccc2Cl)CC1. The molecular weight excluding hydrogens is 408 g/mol. The van der Waals surface area contributed by atoms with Gasteiger partial charge >= 0.3 is 0 Å². The van der Waals surface area contributed by atoms with Crippen LogP contribution in [0.2, 0.25) is 5.02 Å². The first-order valence-electron chi connectivity index (χ1n) is 10.9. The molecule has 31 heavy (non-hydrogen) atoms. The lowest BCUT2D eigenvalue weighted by atomic mass is 10.0. The smallest absolute Gasteiger partial charge is 0.222 e. The van der Waals surface area contributed by atoms with Crippen LogP contribution >= 0.6 is 11.6 Å². The van der Waals surface area contributed by atoms with E-state index in [2.05, 4.69) is 47.3 Å². The maximum absolute atomic E-state index is 12.7. The molecule has 0 unspecified atom stereocenters. The second kappa shape index (κ2) is 9.67. The maximum Gasteiger partial charge on any atom is 0.222 e. The number of aromatic amines is 1. The largest absolute Gasteiger partial charge is 0.338 e. The van der Waals surface area contributed by atoms with Crippen LogP contribution in [0.4, 0.5) is 0 Å². The molecular formula is C25H29ClN4O. The summed E-state index contributed by atoms with van der Waals surface area (Å²) in [5.74, 6) is 0.205. The highest BCUT2D eigenvalue weighted by Crippen LogP contribution is 2.28. The van der Waals surface area contributed by atoms with Gasteiger partial charge in [-0.15, -0.1) is 0 Å². The van der Waals surface area contributed by atoms with Crippen LogP contribution in [0.25, 0.3) is 11.3 Å². The third kappa shape index (κ3) is 5.00. The van der Waals surface area contributed by atoms with E-state index in [0.29, 0.717) is 19.0 Å². The highest BCUT2D eigenvalue weighted by Gasteiger charge is 2.28. The van der Waals surface area contributed by atoms with Gasteiger partial charge in [-0.2, -0.15) is 5.10 Å². The van der Waals surface area contributed by atoms with Crippen LogP contribution in [0.1, 0.15) is 43.5 Å². The van der Waals surface area contributed by atoms with Gasteiger partial charge < -0.3 is 4.90 Å². The topological polar surface area (TPSA) is 52.2 Å². The molecule has 6 heteroatoms. The van der Waals surface area contributed by atoms with Crippen molar-refractivity contribution in [2.45, 2.75) is 44.8 Å². The number of aromatic nitrogens is 2. The molecule has 0 spiro atoms. The molecule has 2 aromatic carbocycles. The molecule has 0 radical (unpaired) electrons. The number of amides is 1. The Hall–Kier alpha value is -2.63. The number of H-pyrrole nitrogens is 1. The zero-order valence-corrected chi connectivity index (χ0v) is 18.8. The summed E-state index contributed by atoms with van der Waals surface area (Å²) in [6, 6.07) is 20.6. The third-order valence-corrected chi connectivity index (χ3v) is 6.77. The fraction of sp³-hybridized carbons (Fsp3) is 0.360. The van der Waals surface area contributed by atoms with Gasteiger partial charge in [-0.05, 0) is 44.5 Å². The van der Waals surface area contributed by atoms with E-state index in [0.717, 1.165) is 46.9 Å². The Bertz CT molecular complexity index is 1020. The van der Waals surface area contributed by atoms with Crippen LogP contribution in [0.3, 0.4) is 0 Å². The van der Waals surface area contributed by atoms with Crippen molar-refractivity contribution >= 4 is 17.5 Å². The van der Waals surface area contributed by atoms with Gasteiger partial charge in [0.1, 0.15) is 0 Å². The first kappa shape index (κ1) is 21.6. The van der Waals surface area contributed by atoms with Crippen LogP contribution in [0.15, 0.2) is 60.7 Å². The zero-order valence-electron chi connectivity index (χ0n) is 18.1. The quantitative estimate of drug-likeness (QED) is 0.570. The first-order valence-corrected chi connectivity index (χ1v) is 11.2. The number of hydrogen-bond donors (Lipinski definition) is 1. The molecule has 2 heterocycles. The van der Waals surface area contributed by atoms with Crippen molar-refractivity contribution in [1.82, 2.24) is 20.0 Å². The fourth-order valence-corrected chi connectivity index (χ4v) is 4.47. The van der Waals surface area contributed by atoms with Gasteiger partial charge in [0.05, 0.1) is 11.4 Å². The van der Waals surface area contributed by atoms with E-state index in [1.165, 1.54) is 0 Å². The van der Waals surface area contributed by atoms with Crippen molar-refractivity contribution in [3.05, 3.63) is 76.9 Å². The maximum atomic E-state index is 12.7. The molecule has 1 saturated heterocycles. The minimum Gasteiger partial charge on any atom is -0.338 e. The van der Waals surface area contributed by atoms with Crippen LogP contribution in [-0.4, -0.2) is 45.5 Å². The first-order chi connectivity index (χ1) is 15.0. The molecule has 3 aromatic rings. The standard InChI is InChI=1S/C25H29ClN4O/c1-18(23-16-24(28-27-23)19-8-4-3-5-9-19)29(2)21-12-13-25(31)30(15-14-21)17-20-10-6-7-11-22(20)26/h3-11,16,18,21H,12-15,17H2,1-2H3,(H,27,28)/t18-,21-/m1/s1. The number of benzene rings is 2. The number of halogens is 1. The number of carbonyl (C=O) groups is 1. The van der Waals surface area contributed by atoms with Crippen LogP contribution in [-0.2, 0) is 11.3 Å². The van der Waals surface area contributed by atoms with E-state index in [1.807, 2.05) is 47.4 Å². The Morgan fingerprint density at radius 2 is 1.90 bits per heavy atom. The van der Waals surface area contributed by atoms with Crippen molar-refractivity contribution in [2.24, 2.45) is 0 Å². The van der Waals surface area contributed by atoms with E-state index in [-0.39, 0.29) is 11.9 Å². The third-order valence-electron chi connectivity index (χ3n) is 6.40. The summed E-state index contributed by atoms with van der Waals surface area (Å²) in [5.41, 5.74) is 4.15. The van der Waals surface area contributed by atoms with Crippen molar-refractivity contribution in [3.63, 3.8) is 0 Å². The van der Waals surface area contributed by atoms with Crippen molar-refractivity contribution < 1.29 is 4.79 Å². The minimum absolute atomic E-state index is 0.181. The van der Waals surface area contributed by atoms with Gasteiger partial charge in [0, 0.05) is 42.2 Å². The monoisotopic (exact) mass is 436 g/mol. The number of likely N-dealkylation sites (tertiary alicyclic amines) is 1. The predicted molar refractivity (Wildman–Crippen MR) is 125 cm³/mol. The Labute approximate surface area is 189 Å². The number of nitrogens with one attached hydrogen (secondary N) is 1. The highest BCUT2D eigenvalue weighted by molar-refractivity contribution is 6.31. The van der Waals surface area contributed by atoms with Crippen LogP contribution in [0, 0.1) is 0 Å². The van der Waals surface area contributed by atoms with E-state index in [9.17, 15) is 4.79 Å². The average Bonchev–Trinajstić information content (AvgIpc) is 3.22. The molecule has 0 saturated carbocycles. The molecule has 1 fully saturated rings. The molecule has 162 valence electrons. The normalized spacial score (nSPS) is 18.3. The molecule has 1 aliphatic heterocycles. The lowest BCUT2D eigenvalue weighted by molar-refractivity contribution is -0.131. The van der Waals surface area contributed by atoms with Crippen molar-refractivity contribution in [3.8, 4) is 11.3 Å². The van der Waals surface area contributed by atoms with Gasteiger partial charge in [-0.1, -0.05) is 60.1 Å². The Morgan fingerprint density at radius 1 is 1.16 bits per heavy atom. The molecule has 5 nitrogen and oxygen atoms in total. The lowest BCUT2D eigenvalue weighted by Crippen LogP contribution is -2.35. The Morgan fingerprint density at radius 3 is 2.68 bits per heavy atom. The summed E-state index contributed by atoms with van der Waals surface area (Å²) >= 11 is 6.31. The molecule has 1 amide bonds. The van der Waals surface area contributed by atoms with E-state index in [4.69, 9.17) is 11.6 Å². The molecule has 1 aliphatic rings. The summed E-state index contributed by atoms with van der Waals surface area (Å²) in [4.78, 5) is 17.1. The second-order valence-electron chi connectivity index (χ2n) is 8.30. The molecule has 0 aliphatic carbocycles. The summed E-state index contributed by atoms with van der Waals surface area (Å²) < 4.78 is 0. The van der Waals surface area contributed by atoms with Gasteiger partial charge in [0.15, 0.2) is 0 Å². The van der Waals surface area contributed by atoms with Crippen LogP contribution < -0.4 is 0 Å². The Kier molecular flexibility index (Phi) is 6.73. The number of nitrogens with zero attached hydrogens (tertiary/aromatic N) is 3. The lowest BCUT2D eigenvalue weighted by Gasteiger charge is -2.32. The predicted octanol–water partition coefficient (Wildman–Crippen LogP) is 5.30. The minimum atomic E-state index is 0.181. The molecule has 1 aromatic heterocycles. The van der Waals surface area contributed by atoms with Gasteiger partial charge in [-0.3, -0.25) is 14.8 Å². The zero-order chi connectivity index (χ0) is 21.8. The van der Waals surface area contributed by atoms with E-state index < -0.39 is 0 Å². The van der Waals surface area contributed by atoms with Crippen molar-refractivity contribution in [2.75, 3.05) is 13.6 Å². The van der Waals surface area contributed by atoms with Gasteiger partial charge in [-0.25, -0.2) is 0 Å². The Balaban J connectivity index is 1.41. The number of hydrogen-bond acceptors (Lipinski definition) is 3. The molecule has 0 bridgehead atoms. The van der Waals surface area contributed by atoms with Crippen molar-refractivity contribution in [1.29, 1.82) is 0 Å². The summed E-state index contributed by atoms with van der Waals surface area (Å²) in [6.07, 6.45) is 2.36. The fourth-order valence-electron chi connectivity index (χ4n) is 4.27. The number of rotatable bonds is 6.